The zero-order valence-corrected chi connectivity index (χ0v) is 11.4. The Balaban J connectivity index is 1.97. The summed E-state index contributed by atoms with van der Waals surface area (Å²) < 4.78 is 0. The summed E-state index contributed by atoms with van der Waals surface area (Å²) in [5, 5.41) is 15.5. The van der Waals surface area contributed by atoms with Crippen molar-refractivity contribution in [3.05, 3.63) is 58.9 Å². The molecule has 1 aromatic carbocycles. The number of dihydropyridines is 1. The number of nitrogens with zero attached hydrogens (tertiary/aromatic N) is 1. The Hall–Kier alpha value is -1.91. The van der Waals surface area contributed by atoms with E-state index in [1.54, 1.807) is 0 Å². The first kappa shape index (κ1) is 13.1. The molecule has 0 atom stereocenters. The zero-order valence-electron chi connectivity index (χ0n) is 11.4. The molecule has 1 aromatic rings. The van der Waals surface area contributed by atoms with Crippen LogP contribution in [0.5, 0.6) is 0 Å². The fourth-order valence-corrected chi connectivity index (χ4v) is 2.58. The van der Waals surface area contributed by atoms with Gasteiger partial charge in [0.2, 0.25) is 0 Å². The summed E-state index contributed by atoms with van der Waals surface area (Å²) >= 11 is 0. The van der Waals surface area contributed by atoms with Crippen molar-refractivity contribution in [2.45, 2.75) is 6.42 Å². The molecule has 4 nitrogen and oxygen atoms in total. The Morgan fingerprint density at radius 1 is 1.30 bits per heavy atom. The number of hydrogen-bond donors (Lipinski definition) is 3. The van der Waals surface area contributed by atoms with Crippen LogP contribution in [0.3, 0.4) is 0 Å². The number of rotatable bonds is 4. The van der Waals surface area contributed by atoms with Crippen molar-refractivity contribution in [1.29, 1.82) is 0 Å². The zero-order chi connectivity index (χ0) is 13.8. The van der Waals surface area contributed by atoms with Crippen molar-refractivity contribution in [2.75, 3.05) is 26.2 Å². The molecule has 104 valence electrons. The minimum atomic E-state index is 0.143. The van der Waals surface area contributed by atoms with Crippen molar-refractivity contribution >= 4 is 5.71 Å². The van der Waals surface area contributed by atoms with Gasteiger partial charge in [0, 0.05) is 31.6 Å². The second-order valence-electron chi connectivity index (χ2n) is 4.95. The van der Waals surface area contributed by atoms with Gasteiger partial charge in [-0.1, -0.05) is 36.4 Å². The number of benzene rings is 1. The molecular weight excluding hydrogens is 250 g/mol. The van der Waals surface area contributed by atoms with Gasteiger partial charge in [0.05, 0.1) is 12.3 Å². The van der Waals surface area contributed by atoms with E-state index in [1.165, 1.54) is 16.7 Å². The van der Waals surface area contributed by atoms with Gasteiger partial charge in [-0.25, -0.2) is 4.99 Å². The van der Waals surface area contributed by atoms with E-state index in [4.69, 9.17) is 10.1 Å². The molecule has 2 aliphatic rings. The molecule has 0 aliphatic carbocycles. The molecule has 0 radical (unpaired) electrons. The summed E-state index contributed by atoms with van der Waals surface area (Å²) in [6.07, 6.45) is 5.20. The number of allylic oxidation sites excluding steroid dienone is 2. The Kier molecular flexibility index (Phi) is 3.95. The maximum absolute atomic E-state index is 8.90. The minimum Gasteiger partial charge on any atom is -0.395 e. The van der Waals surface area contributed by atoms with Crippen molar-refractivity contribution in [2.24, 2.45) is 4.99 Å². The van der Waals surface area contributed by atoms with E-state index in [0.29, 0.717) is 13.1 Å². The van der Waals surface area contributed by atoms with Gasteiger partial charge in [-0.15, -0.1) is 0 Å². The SMILES string of the molecule is OCCNCC1=NC2=C(C=CCN2)Cc2ccccc21. The Morgan fingerprint density at radius 2 is 2.20 bits per heavy atom. The maximum Gasteiger partial charge on any atom is 0.130 e. The monoisotopic (exact) mass is 269 g/mol. The molecule has 0 aromatic heterocycles. The second kappa shape index (κ2) is 6.03. The molecule has 2 heterocycles. The highest BCUT2D eigenvalue weighted by Crippen LogP contribution is 2.23. The molecule has 0 saturated carbocycles. The van der Waals surface area contributed by atoms with Crippen LogP contribution in [0.15, 0.2) is 52.8 Å². The number of aliphatic hydroxyl groups is 1. The van der Waals surface area contributed by atoms with Crippen LogP contribution in [0.25, 0.3) is 0 Å². The molecular formula is C16H19N3O. The summed E-state index contributed by atoms with van der Waals surface area (Å²) in [7, 11) is 0. The van der Waals surface area contributed by atoms with Gasteiger partial charge in [0.15, 0.2) is 0 Å². The van der Waals surface area contributed by atoms with Crippen LogP contribution in [0.4, 0.5) is 0 Å². The largest absolute Gasteiger partial charge is 0.395 e. The van der Waals surface area contributed by atoms with Gasteiger partial charge in [0.1, 0.15) is 5.82 Å². The number of fused-ring (bicyclic) bond motifs is 1. The van der Waals surface area contributed by atoms with Crippen LogP contribution in [-0.2, 0) is 6.42 Å². The van der Waals surface area contributed by atoms with E-state index in [1.807, 2.05) is 6.07 Å². The summed E-state index contributed by atoms with van der Waals surface area (Å²) in [6.45, 7) is 2.22. The highest BCUT2D eigenvalue weighted by Gasteiger charge is 2.18. The van der Waals surface area contributed by atoms with Crippen LogP contribution >= 0.6 is 0 Å². The summed E-state index contributed by atoms with van der Waals surface area (Å²) in [5.41, 5.74) is 4.76. The van der Waals surface area contributed by atoms with Crippen molar-refractivity contribution in [3.8, 4) is 0 Å². The standard InChI is InChI=1S/C16H19N3O/c20-9-8-17-11-15-14-6-2-1-4-12(14)10-13-5-3-7-18-16(13)19-15/h1-6,17-18,20H,7-11H2. The highest BCUT2D eigenvalue weighted by molar-refractivity contribution is 6.04. The van der Waals surface area contributed by atoms with E-state index in [9.17, 15) is 0 Å². The minimum absolute atomic E-state index is 0.143. The molecule has 3 rings (SSSR count). The normalized spacial score (nSPS) is 16.9. The first-order valence-electron chi connectivity index (χ1n) is 6.99. The molecule has 4 heteroatoms. The van der Waals surface area contributed by atoms with Crippen molar-refractivity contribution < 1.29 is 5.11 Å². The molecule has 0 unspecified atom stereocenters. The molecule has 0 amide bonds. The first-order chi connectivity index (χ1) is 9.88. The van der Waals surface area contributed by atoms with Crippen molar-refractivity contribution in [1.82, 2.24) is 10.6 Å². The summed E-state index contributed by atoms with van der Waals surface area (Å²) in [5.74, 6) is 0.976. The number of hydrogen-bond acceptors (Lipinski definition) is 4. The van der Waals surface area contributed by atoms with Crippen LogP contribution in [0.2, 0.25) is 0 Å². The van der Waals surface area contributed by atoms with Crippen LogP contribution < -0.4 is 10.6 Å². The van der Waals surface area contributed by atoms with Gasteiger partial charge in [0.25, 0.3) is 0 Å². The predicted molar refractivity (Wildman–Crippen MR) is 80.8 cm³/mol. The van der Waals surface area contributed by atoms with E-state index >= 15 is 0 Å². The fourth-order valence-electron chi connectivity index (χ4n) is 2.58. The van der Waals surface area contributed by atoms with E-state index in [0.717, 1.165) is 24.5 Å². The quantitative estimate of drug-likeness (QED) is 0.714. The number of aliphatic imine (C=N–C) groups is 1. The van der Waals surface area contributed by atoms with E-state index in [2.05, 4.69) is 41.0 Å². The van der Waals surface area contributed by atoms with Gasteiger partial charge in [-0.2, -0.15) is 0 Å². The maximum atomic E-state index is 8.90. The summed E-state index contributed by atoms with van der Waals surface area (Å²) in [4.78, 5) is 4.80. The molecule has 3 N–H and O–H groups in total. The smallest absolute Gasteiger partial charge is 0.130 e. The lowest BCUT2D eigenvalue weighted by Gasteiger charge is -2.13. The molecule has 20 heavy (non-hydrogen) atoms. The molecule has 0 bridgehead atoms. The molecule has 0 fully saturated rings. The summed E-state index contributed by atoms with van der Waals surface area (Å²) in [6, 6.07) is 8.41. The lowest BCUT2D eigenvalue weighted by Crippen LogP contribution is -2.27. The number of nitrogens with one attached hydrogen (secondary N) is 2. The van der Waals surface area contributed by atoms with Crippen LogP contribution in [0, 0.1) is 0 Å². The lowest BCUT2D eigenvalue weighted by atomic mass is 9.97. The Bertz CT molecular complexity index is 587. The topological polar surface area (TPSA) is 56.6 Å². The Morgan fingerprint density at radius 3 is 3.10 bits per heavy atom. The van der Waals surface area contributed by atoms with Gasteiger partial charge >= 0.3 is 0 Å². The number of aliphatic hydroxyl groups excluding tert-OH is 1. The van der Waals surface area contributed by atoms with Gasteiger partial charge in [-0.05, 0) is 11.1 Å². The third-order valence-electron chi connectivity index (χ3n) is 3.55. The van der Waals surface area contributed by atoms with Crippen LogP contribution in [0.1, 0.15) is 11.1 Å². The first-order valence-corrected chi connectivity index (χ1v) is 6.99. The predicted octanol–water partition coefficient (Wildman–Crippen LogP) is 0.985. The third-order valence-corrected chi connectivity index (χ3v) is 3.55. The van der Waals surface area contributed by atoms with Gasteiger partial charge < -0.3 is 15.7 Å². The van der Waals surface area contributed by atoms with E-state index in [-0.39, 0.29) is 6.61 Å². The molecule has 0 spiro atoms. The van der Waals surface area contributed by atoms with Gasteiger partial charge in [-0.3, -0.25) is 0 Å². The average Bonchev–Trinajstić information content (AvgIpc) is 2.64. The lowest BCUT2D eigenvalue weighted by molar-refractivity contribution is 0.295. The highest BCUT2D eigenvalue weighted by atomic mass is 16.3. The average molecular weight is 269 g/mol. The fraction of sp³-hybridized carbons (Fsp3) is 0.312. The molecule has 0 saturated heterocycles. The molecule has 2 aliphatic heterocycles. The van der Waals surface area contributed by atoms with E-state index < -0.39 is 0 Å². The Labute approximate surface area is 118 Å². The second-order valence-corrected chi connectivity index (χ2v) is 4.95. The third kappa shape index (κ3) is 2.66. The van der Waals surface area contributed by atoms with Crippen LogP contribution in [-0.4, -0.2) is 37.1 Å². The van der Waals surface area contributed by atoms with Crippen molar-refractivity contribution in [3.63, 3.8) is 0 Å².